The number of aromatic nitrogens is 1. The minimum atomic E-state index is 0.236. The van der Waals surface area contributed by atoms with Crippen molar-refractivity contribution in [2.45, 2.75) is 32.9 Å². The maximum absolute atomic E-state index is 11.7. The topological polar surface area (TPSA) is 45.2 Å². The second kappa shape index (κ2) is 6.37. The molecule has 1 N–H and O–H groups in total. The molecule has 0 saturated carbocycles. The van der Waals surface area contributed by atoms with Gasteiger partial charge >= 0.3 is 0 Å². The SMILES string of the molecule is Cc1csc(CNCc2ccc(N3CCCC3=O)cc2)n1. The van der Waals surface area contributed by atoms with E-state index in [1.54, 1.807) is 11.3 Å². The minimum Gasteiger partial charge on any atom is -0.312 e. The molecule has 5 heteroatoms. The van der Waals surface area contributed by atoms with Crippen molar-refractivity contribution >= 4 is 22.9 Å². The van der Waals surface area contributed by atoms with Crippen molar-refractivity contribution in [2.24, 2.45) is 0 Å². The van der Waals surface area contributed by atoms with Crippen LogP contribution >= 0.6 is 11.3 Å². The maximum Gasteiger partial charge on any atom is 0.227 e. The van der Waals surface area contributed by atoms with E-state index in [9.17, 15) is 4.79 Å². The zero-order chi connectivity index (χ0) is 14.7. The van der Waals surface area contributed by atoms with Gasteiger partial charge in [0.15, 0.2) is 0 Å². The average Bonchev–Trinajstić information content (AvgIpc) is 3.09. The van der Waals surface area contributed by atoms with Gasteiger partial charge < -0.3 is 10.2 Å². The van der Waals surface area contributed by atoms with E-state index in [2.05, 4.69) is 27.8 Å². The van der Waals surface area contributed by atoms with Gasteiger partial charge in [-0.1, -0.05) is 12.1 Å². The zero-order valence-electron chi connectivity index (χ0n) is 12.1. The summed E-state index contributed by atoms with van der Waals surface area (Å²) in [6.07, 6.45) is 1.64. The lowest BCUT2D eigenvalue weighted by atomic mass is 10.2. The highest BCUT2D eigenvalue weighted by Gasteiger charge is 2.21. The van der Waals surface area contributed by atoms with Gasteiger partial charge in [0.2, 0.25) is 5.91 Å². The minimum absolute atomic E-state index is 0.236. The molecule has 110 valence electrons. The Hall–Kier alpha value is -1.72. The molecule has 1 amide bonds. The monoisotopic (exact) mass is 301 g/mol. The van der Waals surface area contributed by atoms with Crippen molar-refractivity contribution in [1.82, 2.24) is 10.3 Å². The van der Waals surface area contributed by atoms with Gasteiger partial charge in [-0.25, -0.2) is 4.98 Å². The first-order valence-corrected chi connectivity index (χ1v) is 8.11. The van der Waals surface area contributed by atoms with Crippen LogP contribution in [0, 0.1) is 6.92 Å². The number of hydrogen-bond acceptors (Lipinski definition) is 4. The number of amides is 1. The molecule has 2 aromatic rings. The van der Waals surface area contributed by atoms with Crippen LogP contribution < -0.4 is 10.2 Å². The number of hydrogen-bond donors (Lipinski definition) is 1. The highest BCUT2D eigenvalue weighted by Crippen LogP contribution is 2.21. The first-order valence-electron chi connectivity index (χ1n) is 7.23. The van der Waals surface area contributed by atoms with Crippen molar-refractivity contribution in [1.29, 1.82) is 0 Å². The van der Waals surface area contributed by atoms with Crippen LogP contribution in [0.5, 0.6) is 0 Å². The summed E-state index contributed by atoms with van der Waals surface area (Å²) in [4.78, 5) is 18.0. The predicted molar refractivity (Wildman–Crippen MR) is 85.4 cm³/mol. The van der Waals surface area contributed by atoms with Gasteiger partial charge in [0.1, 0.15) is 5.01 Å². The molecule has 1 aromatic carbocycles. The number of carbonyl (C=O) groups is 1. The largest absolute Gasteiger partial charge is 0.312 e. The summed E-state index contributed by atoms with van der Waals surface area (Å²) in [5.74, 6) is 0.236. The molecule has 1 fully saturated rings. The average molecular weight is 301 g/mol. The van der Waals surface area contributed by atoms with Crippen LogP contribution in [0.15, 0.2) is 29.6 Å². The van der Waals surface area contributed by atoms with Gasteiger partial charge in [0.05, 0.1) is 0 Å². The molecule has 0 atom stereocenters. The van der Waals surface area contributed by atoms with Crippen LogP contribution in [0.1, 0.15) is 29.1 Å². The Morgan fingerprint density at radius 3 is 2.71 bits per heavy atom. The Kier molecular flexibility index (Phi) is 4.31. The van der Waals surface area contributed by atoms with E-state index < -0.39 is 0 Å². The Morgan fingerprint density at radius 1 is 1.29 bits per heavy atom. The molecule has 2 heterocycles. The van der Waals surface area contributed by atoms with E-state index in [0.717, 1.165) is 42.4 Å². The summed E-state index contributed by atoms with van der Waals surface area (Å²) in [6, 6.07) is 8.24. The number of rotatable bonds is 5. The van der Waals surface area contributed by atoms with Crippen LogP contribution in [-0.2, 0) is 17.9 Å². The summed E-state index contributed by atoms with van der Waals surface area (Å²) >= 11 is 1.69. The zero-order valence-corrected chi connectivity index (χ0v) is 12.9. The number of thiazole rings is 1. The van der Waals surface area contributed by atoms with E-state index >= 15 is 0 Å². The van der Waals surface area contributed by atoms with Crippen LogP contribution in [0.2, 0.25) is 0 Å². The molecular weight excluding hydrogens is 282 g/mol. The highest BCUT2D eigenvalue weighted by atomic mass is 32.1. The molecule has 21 heavy (non-hydrogen) atoms. The number of nitrogens with zero attached hydrogens (tertiary/aromatic N) is 2. The number of anilines is 1. The second-order valence-electron chi connectivity index (χ2n) is 5.30. The molecule has 1 aliphatic rings. The summed E-state index contributed by atoms with van der Waals surface area (Å²) in [7, 11) is 0. The summed E-state index contributed by atoms with van der Waals surface area (Å²) < 4.78 is 0. The quantitative estimate of drug-likeness (QED) is 0.923. The summed E-state index contributed by atoms with van der Waals surface area (Å²) in [5.41, 5.74) is 3.31. The third-order valence-corrected chi connectivity index (χ3v) is 4.56. The van der Waals surface area contributed by atoms with Crippen LogP contribution in [0.4, 0.5) is 5.69 Å². The molecule has 0 bridgehead atoms. The maximum atomic E-state index is 11.7. The standard InChI is InChI=1S/C16H19N3OS/c1-12-11-21-15(18-12)10-17-9-13-4-6-14(7-5-13)19-8-2-3-16(19)20/h4-7,11,17H,2-3,8-10H2,1H3. The van der Waals surface area contributed by atoms with Crippen molar-refractivity contribution < 1.29 is 4.79 Å². The molecular formula is C16H19N3OS. The van der Waals surface area contributed by atoms with Crippen molar-refractivity contribution in [3.05, 3.63) is 45.9 Å². The number of carbonyl (C=O) groups excluding carboxylic acids is 1. The molecule has 1 aliphatic heterocycles. The van der Waals surface area contributed by atoms with E-state index in [1.807, 2.05) is 24.0 Å². The normalized spacial score (nSPS) is 14.9. The first kappa shape index (κ1) is 14.2. The van der Waals surface area contributed by atoms with E-state index in [1.165, 1.54) is 5.56 Å². The Bertz CT molecular complexity index is 621. The van der Waals surface area contributed by atoms with Gasteiger partial charge in [0, 0.05) is 42.8 Å². The molecule has 1 saturated heterocycles. The smallest absolute Gasteiger partial charge is 0.227 e. The molecule has 3 rings (SSSR count). The fraction of sp³-hybridized carbons (Fsp3) is 0.375. The van der Waals surface area contributed by atoms with Crippen LogP contribution in [0.25, 0.3) is 0 Å². The Labute approximate surface area is 128 Å². The van der Waals surface area contributed by atoms with Gasteiger partial charge in [-0.2, -0.15) is 0 Å². The van der Waals surface area contributed by atoms with Gasteiger partial charge in [-0.3, -0.25) is 4.79 Å². The lowest BCUT2D eigenvalue weighted by molar-refractivity contribution is -0.117. The van der Waals surface area contributed by atoms with Crippen LogP contribution in [0.3, 0.4) is 0 Å². The summed E-state index contributed by atoms with van der Waals surface area (Å²) in [6.45, 7) is 4.47. The van der Waals surface area contributed by atoms with Crippen molar-refractivity contribution in [3.8, 4) is 0 Å². The lowest BCUT2D eigenvalue weighted by Crippen LogP contribution is -2.23. The molecule has 0 spiro atoms. The van der Waals surface area contributed by atoms with Gasteiger partial charge in [-0.15, -0.1) is 11.3 Å². The van der Waals surface area contributed by atoms with Crippen molar-refractivity contribution in [3.63, 3.8) is 0 Å². The third kappa shape index (κ3) is 3.49. The fourth-order valence-corrected chi connectivity index (χ4v) is 3.25. The molecule has 4 nitrogen and oxygen atoms in total. The number of aryl methyl sites for hydroxylation is 1. The van der Waals surface area contributed by atoms with Crippen molar-refractivity contribution in [2.75, 3.05) is 11.4 Å². The van der Waals surface area contributed by atoms with E-state index in [4.69, 9.17) is 0 Å². The number of benzene rings is 1. The van der Waals surface area contributed by atoms with Gasteiger partial charge in [0.25, 0.3) is 0 Å². The first-order chi connectivity index (χ1) is 10.2. The van der Waals surface area contributed by atoms with E-state index in [0.29, 0.717) is 6.42 Å². The molecule has 0 aliphatic carbocycles. The van der Waals surface area contributed by atoms with Gasteiger partial charge in [-0.05, 0) is 31.0 Å². The fourth-order valence-electron chi connectivity index (χ4n) is 2.51. The number of nitrogens with one attached hydrogen (secondary N) is 1. The van der Waals surface area contributed by atoms with Crippen LogP contribution in [-0.4, -0.2) is 17.4 Å². The molecule has 1 aromatic heterocycles. The highest BCUT2D eigenvalue weighted by molar-refractivity contribution is 7.09. The Morgan fingerprint density at radius 2 is 2.10 bits per heavy atom. The summed E-state index contributed by atoms with van der Waals surface area (Å²) in [5, 5.41) is 6.58. The molecule has 0 radical (unpaired) electrons. The third-order valence-electron chi connectivity index (χ3n) is 3.59. The predicted octanol–water partition coefficient (Wildman–Crippen LogP) is 2.87. The van der Waals surface area contributed by atoms with E-state index in [-0.39, 0.29) is 5.91 Å². The lowest BCUT2D eigenvalue weighted by Gasteiger charge is -2.16. The molecule has 0 unspecified atom stereocenters. The second-order valence-corrected chi connectivity index (χ2v) is 6.24. The Balaban J connectivity index is 1.53.